The molecule has 0 saturated carbocycles. The molecule has 1 heterocycles. The van der Waals surface area contributed by atoms with Gasteiger partial charge in [-0.3, -0.25) is 14.9 Å². The van der Waals surface area contributed by atoms with Crippen LogP contribution in [-0.2, 0) is 0 Å². The van der Waals surface area contributed by atoms with Gasteiger partial charge < -0.3 is 10.0 Å². The molecule has 0 atom stereocenters. The second kappa shape index (κ2) is 4.06. The number of nitro groups is 1. The molecule has 1 aliphatic heterocycles. The molecule has 1 N–H and O–H groups in total. The van der Waals surface area contributed by atoms with Crippen molar-refractivity contribution in [2.75, 3.05) is 13.1 Å². The van der Waals surface area contributed by atoms with E-state index in [2.05, 4.69) is 0 Å². The summed E-state index contributed by atoms with van der Waals surface area (Å²) >= 11 is 0. The fourth-order valence-corrected chi connectivity index (χ4v) is 2.14. The van der Waals surface area contributed by atoms with E-state index in [1.165, 1.54) is 17.0 Å². The predicted octanol–water partition coefficient (Wildman–Crippen LogP) is 1.11. The SMILES string of the molecule is Cc1c(C(=O)N2CC(C)(O)C2)cccc1[N+](=O)[O-]. The molecule has 0 unspecified atom stereocenters. The topological polar surface area (TPSA) is 83.7 Å². The predicted molar refractivity (Wildman–Crippen MR) is 64.4 cm³/mol. The van der Waals surface area contributed by atoms with E-state index in [0.29, 0.717) is 11.1 Å². The molecule has 6 nitrogen and oxygen atoms in total. The maximum Gasteiger partial charge on any atom is 0.273 e. The lowest BCUT2D eigenvalue weighted by Crippen LogP contribution is -2.61. The summed E-state index contributed by atoms with van der Waals surface area (Å²) in [6.45, 7) is 3.72. The van der Waals surface area contributed by atoms with Gasteiger partial charge in [0, 0.05) is 17.2 Å². The number of aliphatic hydroxyl groups is 1. The third-order valence-corrected chi connectivity index (χ3v) is 3.08. The normalized spacial score (nSPS) is 17.2. The number of benzene rings is 1. The Kier molecular flexibility index (Phi) is 2.82. The summed E-state index contributed by atoms with van der Waals surface area (Å²) in [7, 11) is 0. The van der Waals surface area contributed by atoms with Crippen LogP contribution in [0.2, 0.25) is 0 Å². The van der Waals surface area contributed by atoms with Gasteiger partial charge in [0.05, 0.1) is 23.6 Å². The molecule has 1 aromatic rings. The maximum atomic E-state index is 12.1. The Hall–Kier alpha value is -1.95. The number of hydrogen-bond acceptors (Lipinski definition) is 4. The second-order valence-electron chi connectivity index (χ2n) is 4.86. The lowest BCUT2D eigenvalue weighted by Gasteiger charge is -2.44. The van der Waals surface area contributed by atoms with E-state index in [0.717, 1.165) is 0 Å². The molecule has 1 aromatic carbocycles. The van der Waals surface area contributed by atoms with Gasteiger partial charge >= 0.3 is 0 Å². The number of nitro benzene ring substituents is 1. The van der Waals surface area contributed by atoms with Gasteiger partial charge in [-0.1, -0.05) is 6.07 Å². The third kappa shape index (κ3) is 2.06. The minimum Gasteiger partial charge on any atom is -0.386 e. The number of carbonyl (C=O) groups excluding carboxylic acids is 1. The van der Waals surface area contributed by atoms with Gasteiger partial charge in [-0.15, -0.1) is 0 Å². The number of likely N-dealkylation sites (tertiary alicyclic amines) is 1. The van der Waals surface area contributed by atoms with Crippen LogP contribution in [0, 0.1) is 17.0 Å². The van der Waals surface area contributed by atoms with Crippen molar-refractivity contribution in [2.45, 2.75) is 19.4 Å². The summed E-state index contributed by atoms with van der Waals surface area (Å²) in [5.74, 6) is -0.275. The lowest BCUT2D eigenvalue weighted by atomic mass is 9.95. The minimum absolute atomic E-state index is 0.0619. The quantitative estimate of drug-likeness (QED) is 0.629. The zero-order valence-corrected chi connectivity index (χ0v) is 10.2. The molecule has 0 aliphatic carbocycles. The molecular weight excluding hydrogens is 236 g/mol. The molecule has 6 heteroatoms. The van der Waals surface area contributed by atoms with E-state index < -0.39 is 10.5 Å². The Balaban J connectivity index is 2.27. The van der Waals surface area contributed by atoms with Gasteiger partial charge in [0.1, 0.15) is 0 Å². The van der Waals surface area contributed by atoms with E-state index in [-0.39, 0.29) is 24.7 Å². The smallest absolute Gasteiger partial charge is 0.273 e. The second-order valence-corrected chi connectivity index (χ2v) is 4.86. The van der Waals surface area contributed by atoms with Crippen LogP contribution in [0.15, 0.2) is 18.2 Å². The van der Waals surface area contributed by atoms with Crippen LogP contribution in [-0.4, -0.2) is 39.5 Å². The van der Waals surface area contributed by atoms with Crippen molar-refractivity contribution in [3.05, 3.63) is 39.4 Å². The summed E-state index contributed by atoms with van der Waals surface area (Å²) in [5.41, 5.74) is -0.225. The van der Waals surface area contributed by atoms with E-state index in [1.54, 1.807) is 19.9 Å². The Morgan fingerprint density at radius 1 is 1.50 bits per heavy atom. The molecule has 1 fully saturated rings. The number of β-amino-alcohol motifs (C(OH)–C–C–N with tert-alkyl or cyclic N) is 1. The van der Waals surface area contributed by atoms with Gasteiger partial charge in [-0.05, 0) is 19.9 Å². The number of rotatable bonds is 2. The average Bonchev–Trinajstić information content (AvgIpc) is 2.24. The van der Waals surface area contributed by atoms with Crippen molar-refractivity contribution in [2.24, 2.45) is 0 Å². The lowest BCUT2D eigenvalue weighted by molar-refractivity contribution is -0.385. The molecular formula is C12H14N2O4. The van der Waals surface area contributed by atoms with Crippen LogP contribution in [0.25, 0.3) is 0 Å². The third-order valence-electron chi connectivity index (χ3n) is 3.08. The fraction of sp³-hybridized carbons (Fsp3) is 0.417. The van der Waals surface area contributed by atoms with Crippen LogP contribution in [0.1, 0.15) is 22.8 Å². The first-order valence-corrected chi connectivity index (χ1v) is 5.57. The largest absolute Gasteiger partial charge is 0.386 e. The molecule has 96 valence electrons. The molecule has 0 radical (unpaired) electrons. The van der Waals surface area contributed by atoms with Gasteiger partial charge in [0.2, 0.25) is 0 Å². The minimum atomic E-state index is -0.843. The van der Waals surface area contributed by atoms with Crippen molar-refractivity contribution in [1.29, 1.82) is 0 Å². The van der Waals surface area contributed by atoms with Crippen molar-refractivity contribution >= 4 is 11.6 Å². The van der Waals surface area contributed by atoms with Crippen LogP contribution in [0.3, 0.4) is 0 Å². The van der Waals surface area contributed by atoms with Gasteiger partial charge in [0.25, 0.3) is 11.6 Å². The van der Waals surface area contributed by atoms with E-state index >= 15 is 0 Å². The fourth-order valence-electron chi connectivity index (χ4n) is 2.14. The molecule has 2 rings (SSSR count). The first kappa shape index (κ1) is 12.5. The molecule has 0 spiro atoms. The Labute approximate surface area is 104 Å². The first-order valence-electron chi connectivity index (χ1n) is 5.57. The molecule has 0 bridgehead atoms. The van der Waals surface area contributed by atoms with Crippen LogP contribution < -0.4 is 0 Å². The van der Waals surface area contributed by atoms with Gasteiger partial charge in [-0.2, -0.15) is 0 Å². The Morgan fingerprint density at radius 3 is 2.61 bits per heavy atom. The highest BCUT2D eigenvalue weighted by Crippen LogP contribution is 2.26. The van der Waals surface area contributed by atoms with E-state index in [4.69, 9.17) is 0 Å². The summed E-state index contributed by atoms with van der Waals surface area (Å²) in [6.07, 6.45) is 0. The number of hydrogen-bond donors (Lipinski definition) is 1. The molecule has 1 amide bonds. The Bertz CT molecular complexity index is 517. The number of carbonyl (C=O) groups is 1. The summed E-state index contributed by atoms with van der Waals surface area (Å²) in [4.78, 5) is 23.9. The summed E-state index contributed by atoms with van der Waals surface area (Å²) in [5, 5.41) is 20.4. The van der Waals surface area contributed by atoms with Crippen LogP contribution >= 0.6 is 0 Å². The van der Waals surface area contributed by atoms with Crippen LogP contribution in [0.5, 0.6) is 0 Å². The zero-order valence-electron chi connectivity index (χ0n) is 10.2. The highest BCUT2D eigenvalue weighted by Gasteiger charge is 2.40. The number of amides is 1. The highest BCUT2D eigenvalue weighted by atomic mass is 16.6. The summed E-state index contributed by atoms with van der Waals surface area (Å²) in [6, 6.07) is 4.44. The zero-order chi connectivity index (χ0) is 13.5. The average molecular weight is 250 g/mol. The maximum absolute atomic E-state index is 12.1. The molecule has 1 aliphatic rings. The highest BCUT2D eigenvalue weighted by molar-refractivity contribution is 5.97. The van der Waals surface area contributed by atoms with Crippen molar-refractivity contribution in [1.82, 2.24) is 4.90 Å². The van der Waals surface area contributed by atoms with Gasteiger partial charge in [0.15, 0.2) is 0 Å². The van der Waals surface area contributed by atoms with Crippen LogP contribution in [0.4, 0.5) is 5.69 Å². The van der Waals surface area contributed by atoms with E-state index in [9.17, 15) is 20.0 Å². The monoisotopic (exact) mass is 250 g/mol. The summed E-state index contributed by atoms with van der Waals surface area (Å²) < 4.78 is 0. The number of nitrogens with zero attached hydrogens (tertiary/aromatic N) is 2. The van der Waals surface area contributed by atoms with Gasteiger partial charge in [-0.25, -0.2) is 0 Å². The molecule has 0 aromatic heterocycles. The van der Waals surface area contributed by atoms with Crippen molar-refractivity contribution in [3.63, 3.8) is 0 Å². The van der Waals surface area contributed by atoms with Crippen molar-refractivity contribution < 1.29 is 14.8 Å². The first-order chi connectivity index (χ1) is 8.32. The molecule has 1 saturated heterocycles. The van der Waals surface area contributed by atoms with E-state index in [1.807, 2.05) is 0 Å². The van der Waals surface area contributed by atoms with Crippen molar-refractivity contribution in [3.8, 4) is 0 Å². The standard InChI is InChI=1S/C12H14N2O4/c1-8-9(4-3-5-10(8)14(17)18)11(15)13-6-12(2,16)7-13/h3-5,16H,6-7H2,1-2H3. The molecule has 18 heavy (non-hydrogen) atoms. The Morgan fingerprint density at radius 2 is 2.11 bits per heavy atom.